The molecule has 0 bridgehead atoms. The van der Waals surface area contributed by atoms with Gasteiger partial charge >= 0.3 is 5.97 Å². The van der Waals surface area contributed by atoms with Gasteiger partial charge in [-0.2, -0.15) is 0 Å². The van der Waals surface area contributed by atoms with E-state index in [2.05, 4.69) is 0 Å². The predicted molar refractivity (Wildman–Crippen MR) is 44.4 cm³/mol. The highest BCUT2D eigenvalue weighted by Gasteiger charge is 2.26. The molecular weight excluding hydrogens is 156 g/mol. The number of rotatable bonds is 1. The molecule has 1 aliphatic heterocycles. The second-order valence-electron chi connectivity index (χ2n) is 3.10. The Labute approximate surface area is 72.4 Å². The van der Waals surface area contributed by atoms with E-state index in [-0.39, 0.29) is 24.1 Å². The van der Waals surface area contributed by atoms with Crippen molar-refractivity contribution in [3.63, 3.8) is 0 Å². The van der Waals surface area contributed by atoms with Crippen molar-refractivity contribution >= 4 is 5.97 Å². The van der Waals surface area contributed by atoms with Crippen LogP contribution in [0, 0.1) is 5.92 Å². The topological polar surface area (TPSA) is 35.5 Å². The van der Waals surface area contributed by atoms with Crippen molar-refractivity contribution < 1.29 is 14.3 Å². The maximum absolute atomic E-state index is 10.7. The zero-order valence-electron chi connectivity index (χ0n) is 7.61. The first-order chi connectivity index (χ1) is 5.61. The highest BCUT2D eigenvalue weighted by Crippen LogP contribution is 2.20. The lowest BCUT2D eigenvalue weighted by molar-refractivity contribution is -0.148. The van der Waals surface area contributed by atoms with Crippen molar-refractivity contribution in [1.82, 2.24) is 0 Å². The molecular formula is C9H14O3. The third kappa shape index (κ3) is 2.00. The van der Waals surface area contributed by atoms with E-state index >= 15 is 0 Å². The molecule has 12 heavy (non-hydrogen) atoms. The van der Waals surface area contributed by atoms with E-state index in [1.54, 1.807) is 12.3 Å². The minimum absolute atomic E-state index is 0.111. The van der Waals surface area contributed by atoms with E-state index < -0.39 is 0 Å². The number of ether oxygens (including phenoxy) is 2. The van der Waals surface area contributed by atoms with Crippen LogP contribution in [0.15, 0.2) is 12.3 Å². The number of carbonyl (C=O) groups is 1. The normalized spacial score (nSPS) is 34.1. The van der Waals surface area contributed by atoms with Gasteiger partial charge in [0.1, 0.15) is 12.2 Å². The molecule has 3 atom stereocenters. The Balaban J connectivity index is 2.57. The lowest BCUT2D eigenvalue weighted by Crippen LogP contribution is -2.33. The molecule has 3 nitrogen and oxygen atoms in total. The van der Waals surface area contributed by atoms with Gasteiger partial charge in [-0.1, -0.05) is 6.92 Å². The standard InChI is InChI=1S/C9H14O3/c1-6-7(2)11-5-4-9(6)12-8(3)10/h4-7,9H,1-3H3. The number of esters is 1. The van der Waals surface area contributed by atoms with Crippen LogP contribution in [0.1, 0.15) is 20.8 Å². The summed E-state index contributed by atoms with van der Waals surface area (Å²) in [5.74, 6) is -0.0236. The number of carbonyl (C=O) groups excluding carboxylic acids is 1. The van der Waals surface area contributed by atoms with Crippen LogP contribution < -0.4 is 0 Å². The summed E-state index contributed by atoms with van der Waals surface area (Å²) in [4.78, 5) is 10.7. The highest BCUT2D eigenvalue weighted by atomic mass is 16.5. The Morgan fingerprint density at radius 2 is 2.17 bits per heavy atom. The van der Waals surface area contributed by atoms with Crippen LogP contribution in [0.4, 0.5) is 0 Å². The van der Waals surface area contributed by atoms with Crippen LogP contribution in [-0.2, 0) is 14.3 Å². The quantitative estimate of drug-likeness (QED) is 0.559. The van der Waals surface area contributed by atoms with Crippen LogP contribution >= 0.6 is 0 Å². The summed E-state index contributed by atoms with van der Waals surface area (Å²) >= 11 is 0. The first-order valence-corrected chi connectivity index (χ1v) is 4.10. The smallest absolute Gasteiger partial charge is 0.303 e. The molecule has 1 rings (SSSR count). The summed E-state index contributed by atoms with van der Waals surface area (Å²) < 4.78 is 10.3. The molecule has 1 heterocycles. The van der Waals surface area contributed by atoms with Gasteiger partial charge in [-0.15, -0.1) is 0 Å². The number of hydrogen-bond acceptors (Lipinski definition) is 3. The van der Waals surface area contributed by atoms with Crippen molar-refractivity contribution in [3.8, 4) is 0 Å². The molecule has 1 aliphatic rings. The predicted octanol–water partition coefficient (Wildman–Crippen LogP) is 1.49. The van der Waals surface area contributed by atoms with E-state index in [1.807, 2.05) is 13.8 Å². The molecule has 68 valence electrons. The Bertz CT molecular complexity index is 198. The van der Waals surface area contributed by atoms with Crippen molar-refractivity contribution in [3.05, 3.63) is 12.3 Å². The van der Waals surface area contributed by atoms with E-state index in [1.165, 1.54) is 6.92 Å². The van der Waals surface area contributed by atoms with Crippen molar-refractivity contribution in [2.45, 2.75) is 33.0 Å². The molecule has 0 N–H and O–H groups in total. The average molecular weight is 170 g/mol. The fraction of sp³-hybridized carbons (Fsp3) is 0.667. The Hall–Kier alpha value is -0.990. The maximum Gasteiger partial charge on any atom is 0.303 e. The van der Waals surface area contributed by atoms with Gasteiger partial charge in [0.25, 0.3) is 0 Å². The molecule has 0 aliphatic carbocycles. The van der Waals surface area contributed by atoms with E-state index in [0.717, 1.165) is 0 Å². The third-order valence-electron chi connectivity index (χ3n) is 2.12. The monoisotopic (exact) mass is 170 g/mol. The fourth-order valence-electron chi connectivity index (χ4n) is 1.15. The molecule has 3 unspecified atom stereocenters. The average Bonchev–Trinajstić information content (AvgIpc) is 1.98. The Morgan fingerprint density at radius 1 is 1.50 bits per heavy atom. The van der Waals surface area contributed by atoms with Crippen molar-refractivity contribution in [2.24, 2.45) is 5.92 Å². The van der Waals surface area contributed by atoms with Crippen LogP contribution in [0.3, 0.4) is 0 Å². The first-order valence-electron chi connectivity index (χ1n) is 4.10. The van der Waals surface area contributed by atoms with E-state index in [0.29, 0.717) is 0 Å². The maximum atomic E-state index is 10.7. The van der Waals surface area contributed by atoms with Gasteiger partial charge in [0.15, 0.2) is 0 Å². The van der Waals surface area contributed by atoms with Gasteiger partial charge in [0.2, 0.25) is 0 Å². The van der Waals surface area contributed by atoms with Gasteiger partial charge in [-0.3, -0.25) is 4.79 Å². The lowest BCUT2D eigenvalue weighted by Gasteiger charge is -2.29. The molecule has 3 heteroatoms. The molecule has 0 radical (unpaired) electrons. The Kier molecular flexibility index (Phi) is 2.74. The summed E-state index contributed by atoms with van der Waals surface area (Å²) in [6.07, 6.45) is 3.34. The second kappa shape index (κ2) is 3.61. The van der Waals surface area contributed by atoms with E-state index in [4.69, 9.17) is 9.47 Å². The van der Waals surface area contributed by atoms with Crippen LogP contribution in [0.25, 0.3) is 0 Å². The summed E-state index contributed by atoms with van der Waals surface area (Å²) in [6, 6.07) is 0. The van der Waals surface area contributed by atoms with Crippen molar-refractivity contribution in [1.29, 1.82) is 0 Å². The summed E-state index contributed by atoms with van der Waals surface area (Å²) in [5, 5.41) is 0. The van der Waals surface area contributed by atoms with Gasteiger partial charge in [0, 0.05) is 12.8 Å². The third-order valence-corrected chi connectivity index (χ3v) is 2.12. The fourth-order valence-corrected chi connectivity index (χ4v) is 1.15. The molecule has 0 saturated carbocycles. The van der Waals surface area contributed by atoms with Gasteiger partial charge in [-0.05, 0) is 13.0 Å². The molecule has 0 aromatic carbocycles. The van der Waals surface area contributed by atoms with Crippen molar-refractivity contribution in [2.75, 3.05) is 0 Å². The summed E-state index contributed by atoms with van der Waals surface area (Å²) in [7, 11) is 0. The highest BCUT2D eigenvalue weighted by molar-refractivity contribution is 5.66. The SMILES string of the molecule is CC(=O)OC1C=COC(C)C1C. The van der Waals surface area contributed by atoms with Gasteiger partial charge in [0.05, 0.1) is 6.26 Å². The molecule has 0 fully saturated rings. The van der Waals surface area contributed by atoms with Crippen LogP contribution in [0.5, 0.6) is 0 Å². The molecule has 0 spiro atoms. The second-order valence-corrected chi connectivity index (χ2v) is 3.10. The summed E-state index contributed by atoms with van der Waals surface area (Å²) in [6.45, 7) is 5.38. The molecule has 0 aromatic heterocycles. The van der Waals surface area contributed by atoms with Gasteiger partial charge < -0.3 is 9.47 Å². The van der Waals surface area contributed by atoms with Crippen LogP contribution in [-0.4, -0.2) is 18.2 Å². The largest absolute Gasteiger partial charge is 0.498 e. The van der Waals surface area contributed by atoms with Gasteiger partial charge in [-0.25, -0.2) is 0 Å². The zero-order chi connectivity index (χ0) is 9.14. The molecule has 0 saturated heterocycles. The van der Waals surface area contributed by atoms with Crippen LogP contribution in [0.2, 0.25) is 0 Å². The molecule has 0 amide bonds. The Morgan fingerprint density at radius 3 is 2.75 bits per heavy atom. The van der Waals surface area contributed by atoms with E-state index in [9.17, 15) is 4.79 Å². The zero-order valence-corrected chi connectivity index (χ0v) is 7.61. The first kappa shape index (κ1) is 9.10. The number of hydrogen-bond donors (Lipinski definition) is 0. The minimum atomic E-state index is -0.245. The minimum Gasteiger partial charge on any atom is -0.498 e. The summed E-state index contributed by atoms with van der Waals surface area (Å²) in [5.41, 5.74) is 0. The molecule has 0 aromatic rings. The lowest BCUT2D eigenvalue weighted by atomic mass is 9.97.